The number of hydrogen-bond donors (Lipinski definition) is 5. The fourth-order valence-corrected chi connectivity index (χ4v) is 7.48. The van der Waals surface area contributed by atoms with E-state index >= 15 is 0 Å². The second-order valence-corrected chi connectivity index (χ2v) is 15.2. The van der Waals surface area contributed by atoms with E-state index in [2.05, 4.69) is 10.6 Å². The molecule has 3 heterocycles. The summed E-state index contributed by atoms with van der Waals surface area (Å²) in [5.41, 5.74) is 6.12. The molecule has 7 atom stereocenters. The molecule has 3 rings (SSSR count). The molecule has 0 aliphatic carbocycles. The van der Waals surface area contributed by atoms with Gasteiger partial charge in [0.05, 0.1) is 18.2 Å². The van der Waals surface area contributed by atoms with Gasteiger partial charge in [-0.15, -0.1) is 0 Å². The lowest BCUT2D eigenvalue weighted by Gasteiger charge is -2.35. The van der Waals surface area contributed by atoms with Gasteiger partial charge in [-0.05, 0) is 70.1 Å². The first-order valence-electron chi connectivity index (χ1n) is 16.9. The van der Waals surface area contributed by atoms with Crippen LogP contribution in [0.3, 0.4) is 0 Å². The van der Waals surface area contributed by atoms with Crippen LogP contribution >= 0.6 is 7.82 Å². The third kappa shape index (κ3) is 10.3. The number of nitrogens with two attached hydrogens (primary N) is 1. The Hall–Kier alpha value is -2.91. The highest BCUT2D eigenvalue weighted by Crippen LogP contribution is 2.38. The van der Waals surface area contributed by atoms with Crippen molar-refractivity contribution in [3.05, 3.63) is 0 Å². The van der Waals surface area contributed by atoms with Gasteiger partial charge >= 0.3 is 7.82 Å². The van der Waals surface area contributed by atoms with E-state index in [9.17, 15) is 43.1 Å². The van der Waals surface area contributed by atoms with Crippen molar-refractivity contribution in [3.63, 3.8) is 0 Å². The molecule has 0 unspecified atom stereocenters. The van der Waals surface area contributed by atoms with Crippen LogP contribution in [0.1, 0.15) is 86.0 Å². The first kappa shape index (κ1) is 39.5. The van der Waals surface area contributed by atoms with Gasteiger partial charge in [0.15, 0.2) is 0 Å². The molecule has 0 bridgehead atoms. The lowest BCUT2D eigenvalue weighted by Crippen LogP contribution is -2.61. The molecule has 5 amide bonds. The molecule has 6 N–H and O–H groups in total. The van der Waals surface area contributed by atoms with Crippen molar-refractivity contribution in [1.82, 2.24) is 25.3 Å². The summed E-state index contributed by atoms with van der Waals surface area (Å²) in [6, 6.07) is -5.91. The number of aldehydes is 1. The van der Waals surface area contributed by atoms with E-state index in [4.69, 9.17) is 10.3 Å². The van der Waals surface area contributed by atoms with Crippen molar-refractivity contribution in [2.75, 3.05) is 19.6 Å². The van der Waals surface area contributed by atoms with Crippen molar-refractivity contribution in [2.24, 2.45) is 17.6 Å². The Balaban J connectivity index is 1.80. The monoisotopic (exact) mass is 700 g/mol. The van der Waals surface area contributed by atoms with Crippen molar-refractivity contribution < 1.29 is 47.6 Å². The summed E-state index contributed by atoms with van der Waals surface area (Å²) >= 11 is 0. The Morgan fingerprint density at radius 2 is 1.27 bits per heavy atom. The van der Waals surface area contributed by atoms with Gasteiger partial charge in [0, 0.05) is 19.6 Å². The van der Waals surface area contributed by atoms with Crippen LogP contribution in [0.4, 0.5) is 0 Å². The predicted octanol–water partition coefficient (Wildman–Crippen LogP) is 0.0452. The molecule has 3 aliphatic heterocycles. The van der Waals surface area contributed by atoms with E-state index in [-0.39, 0.29) is 37.9 Å². The maximum absolute atomic E-state index is 14.1. The molecular formula is C31H53N6O10P. The van der Waals surface area contributed by atoms with Crippen LogP contribution in [0.15, 0.2) is 0 Å². The zero-order valence-corrected chi connectivity index (χ0v) is 29.5. The van der Waals surface area contributed by atoms with Crippen LogP contribution in [0.5, 0.6) is 0 Å². The first-order chi connectivity index (χ1) is 22.4. The average Bonchev–Trinajstić information content (AvgIpc) is 3.77. The molecule has 0 spiro atoms. The van der Waals surface area contributed by atoms with Gasteiger partial charge in [-0.25, -0.2) is 4.57 Å². The molecule has 0 aromatic rings. The topological polar surface area (TPSA) is 229 Å². The van der Waals surface area contributed by atoms with E-state index in [0.717, 1.165) is 0 Å². The van der Waals surface area contributed by atoms with Crippen LogP contribution in [0.2, 0.25) is 0 Å². The van der Waals surface area contributed by atoms with Crippen LogP contribution < -0.4 is 16.4 Å². The highest BCUT2D eigenvalue weighted by Gasteiger charge is 2.46. The van der Waals surface area contributed by atoms with Crippen molar-refractivity contribution >= 4 is 43.6 Å². The first-order valence-corrected chi connectivity index (χ1v) is 18.4. The Morgan fingerprint density at radius 3 is 1.79 bits per heavy atom. The molecule has 272 valence electrons. The van der Waals surface area contributed by atoms with Crippen LogP contribution in [-0.4, -0.2) is 122 Å². The zero-order valence-electron chi connectivity index (χ0n) is 28.6. The highest BCUT2D eigenvalue weighted by molar-refractivity contribution is 7.46. The molecule has 0 aromatic heterocycles. The Bertz CT molecular complexity index is 1240. The smallest absolute Gasteiger partial charge is 0.345 e. The van der Waals surface area contributed by atoms with Crippen molar-refractivity contribution in [1.29, 1.82) is 0 Å². The fourth-order valence-electron chi connectivity index (χ4n) is 6.93. The van der Waals surface area contributed by atoms with Gasteiger partial charge in [-0.2, -0.15) is 0 Å². The number of phosphoric acid groups is 1. The standard InChI is InChI=1S/C31H53N6O10P/c1-18(2)15-21(17-38)33-27(39)23-9-7-13-36(23)30(42)25-11-8-14-37(25)31(43)26(20(5)47-48(44,45)46)34-28(40)24-10-6-12-35(24)29(41)22(32)16-19(3)4/h17-26H,6-16,32H2,1-5H3,(H,33,39)(H,34,40)(H2,44,45,46)/t20-,21+,22+,23+,24+,25+,26+/m1/s1. The Morgan fingerprint density at radius 1 is 0.792 bits per heavy atom. The fraction of sp³-hybridized carbons (Fsp3) is 0.806. The summed E-state index contributed by atoms with van der Waals surface area (Å²) in [5.74, 6) is -2.51. The number of likely N-dealkylation sites (tertiary alicyclic amines) is 3. The molecule has 0 saturated carbocycles. The molecule has 0 aromatic carbocycles. The summed E-state index contributed by atoms with van der Waals surface area (Å²) in [7, 11) is -5.11. The number of carbonyl (C=O) groups is 6. The number of hydrogen-bond acceptors (Lipinski definition) is 9. The van der Waals surface area contributed by atoms with Crippen LogP contribution in [0, 0.1) is 11.8 Å². The number of nitrogens with one attached hydrogen (secondary N) is 2. The number of nitrogens with zero attached hydrogens (tertiary/aromatic N) is 3. The summed E-state index contributed by atoms with van der Waals surface area (Å²) in [6.45, 7) is 9.60. The van der Waals surface area contributed by atoms with Crippen LogP contribution in [-0.2, 0) is 37.9 Å². The van der Waals surface area contributed by atoms with Crippen molar-refractivity contribution in [2.45, 2.75) is 128 Å². The lowest BCUT2D eigenvalue weighted by atomic mass is 10.0. The third-order valence-corrected chi connectivity index (χ3v) is 9.70. The second-order valence-electron chi connectivity index (χ2n) is 14.0. The quantitative estimate of drug-likeness (QED) is 0.113. The Kier molecular flexibility index (Phi) is 14.1. The number of phosphoric ester groups is 1. The van der Waals surface area contributed by atoms with E-state index in [0.29, 0.717) is 51.2 Å². The van der Waals surface area contributed by atoms with Gasteiger partial charge in [-0.1, -0.05) is 27.7 Å². The van der Waals surface area contributed by atoms with Gasteiger partial charge in [-0.3, -0.25) is 28.5 Å². The SMILES string of the molecule is CC(C)C[C@@H](C=O)NC(=O)[C@@H]1CCCN1C(=O)[C@@H]1CCCN1C(=O)[C@@H](NC(=O)[C@@H]1CCCN1C(=O)[C@@H](N)CC(C)C)[C@@H](C)OP(=O)(O)O. The normalized spacial score (nSPS) is 24.0. The highest BCUT2D eigenvalue weighted by atomic mass is 31.2. The summed E-state index contributed by atoms with van der Waals surface area (Å²) in [6.07, 6.45) is 2.46. The van der Waals surface area contributed by atoms with Gasteiger partial charge in [0.25, 0.3) is 0 Å². The third-order valence-electron chi connectivity index (χ3n) is 9.09. The van der Waals surface area contributed by atoms with Gasteiger partial charge in [0.1, 0.15) is 30.5 Å². The molecular weight excluding hydrogens is 647 g/mol. The second kappa shape index (κ2) is 17.1. The molecule has 3 aliphatic rings. The van der Waals surface area contributed by atoms with E-state index in [1.54, 1.807) is 0 Å². The van der Waals surface area contributed by atoms with Gasteiger partial charge in [0.2, 0.25) is 29.5 Å². The molecule has 17 heteroatoms. The van der Waals surface area contributed by atoms with Gasteiger partial charge < -0.3 is 45.6 Å². The maximum atomic E-state index is 14.1. The minimum absolute atomic E-state index is 0.120. The van der Waals surface area contributed by atoms with Crippen LogP contribution in [0.25, 0.3) is 0 Å². The molecule has 0 radical (unpaired) electrons. The molecule has 3 saturated heterocycles. The largest absolute Gasteiger partial charge is 0.469 e. The summed E-state index contributed by atoms with van der Waals surface area (Å²) in [4.78, 5) is 103. The van der Waals surface area contributed by atoms with Crippen molar-refractivity contribution in [3.8, 4) is 0 Å². The van der Waals surface area contributed by atoms with E-state index < -0.39 is 79.7 Å². The maximum Gasteiger partial charge on any atom is 0.469 e. The zero-order chi connectivity index (χ0) is 35.9. The molecule has 16 nitrogen and oxygen atoms in total. The average molecular weight is 701 g/mol. The number of amides is 5. The number of rotatable bonds is 15. The van der Waals surface area contributed by atoms with E-state index in [1.807, 2.05) is 27.7 Å². The van der Waals surface area contributed by atoms with E-state index in [1.165, 1.54) is 21.6 Å². The minimum atomic E-state index is -5.11. The number of carbonyl (C=O) groups excluding carboxylic acids is 6. The Labute approximate surface area is 282 Å². The molecule has 3 fully saturated rings. The molecule has 48 heavy (non-hydrogen) atoms. The minimum Gasteiger partial charge on any atom is -0.345 e. The summed E-state index contributed by atoms with van der Waals surface area (Å²) in [5, 5.41) is 5.29. The lowest BCUT2D eigenvalue weighted by molar-refractivity contribution is -0.149. The summed E-state index contributed by atoms with van der Waals surface area (Å²) < 4.78 is 16.6. The predicted molar refractivity (Wildman–Crippen MR) is 174 cm³/mol.